The van der Waals surface area contributed by atoms with Gasteiger partial charge < -0.3 is 20.4 Å². The van der Waals surface area contributed by atoms with Gasteiger partial charge in [-0.25, -0.2) is 9.78 Å². The Bertz CT molecular complexity index is 762. The van der Waals surface area contributed by atoms with Crippen molar-refractivity contribution in [2.45, 2.75) is 45.1 Å². The van der Waals surface area contributed by atoms with Crippen LogP contribution < -0.4 is 10.6 Å². The molecule has 0 spiro atoms. The zero-order valence-electron chi connectivity index (χ0n) is 16.6. The van der Waals surface area contributed by atoms with Crippen molar-refractivity contribution in [2.24, 2.45) is 0 Å². The highest BCUT2D eigenvalue weighted by Gasteiger charge is 2.23. The number of esters is 1. The van der Waals surface area contributed by atoms with Gasteiger partial charge in [-0.1, -0.05) is 30.3 Å². The number of H-pyrrole nitrogens is 1. The molecule has 8 nitrogen and oxygen atoms in total. The lowest BCUT2D eigenvalue weighted by Crippen LogP contribution is -2.44. The number of rotatable bonds is 12. The number of aryl methyl sites for hydroxylation is 1. The van der Waals surface area contributed by atoms with Gasteiger partial charge in [-0.3, -0.25) is 9.59 Å². The minimum absolute atomic E-state index is 0.0866. The van der Waals surface area contributed by atoms with Crippen molar-refractivity contribution in [1.29, 1.82) is 0 Å². The lowest BCUT2D eigenvalue weighted by molar-refractivity contribution is -0.147. The maximum Gasteiger partial charge on any atom is 0.329 e. The molecular weight excluding hydrogens is 372 g/mol. The Balaban J connectivity index is 1.68. The zero-order chi connectivity index (χ0) is 20.9. The number of benzene rings is 1. The van der Waals surface area contributed by atoms with Crippen molar-refractivity contribution in [2.75, 3.05) is 13.2 Å². The molecule has 29 heavy (non-hydrogen) atoms. The molecule has 0 aliphatic rings. The third kappa shape index (κ3) is 8.59. The second-order valence-electron chi connectivity index (χ2n) is 6.59. The summed E-state index contributed by atoms with van der Waals surface area (Å²) in [5, 5.41) is 5.41. The molecule has 0 aliphatic heterocycles. The van der Waals surface area contributed by atoms with E-state index in [1.807, 2.05) is 30.3 Å². The molecule has 1 aromatic heterocycles. The van der Waals surface area contributed by atoms with Gasteiger partial charge in [-0.15, -0.1) is 0 Å². The topological polar surface area (TPSA) is 113 Å². The number of aromatic nitrogens is 2. The van der Waals surface area contributed by atoms with Crippen LogP contribution in [0.25, 0.3) is 0 Å². The summed E-state index contributed by atoms with van der Waals surface area (Å²) in [4.78, 5) is 43.0. The molecule has 0 radical (unpaired) electrons. The standard InChI is InChI=1S/C21H28N4O4/c1-2-29-21(28)18(13-17-14-22-15-24-17)25-20(27)11-12-23-19(26)10-6-9-16-7-4-3-5-8-16/h3-5,7-8,14-15,18H,2,6,9-13H2,1H3,(H,22,24)(H,23,26)(H,25,27). The smallest absolute Gasteiger partial charge is 0.329 e. The Morgan fingerprint density at radius 3 is 2.62 bits per heavy atom. The van der Waals surface area contributed by atoms with Gasteiger partial charge in [0.25, 0.3) is 0 Å². The van der Waals surface area contributed by atoms with Gasteiger partial charge >= 0.3 is 5.97 Å². The monoisotopic (exact) mass is 400 g/mol. The Labute approximate surface area is 170 Å². The summed E-state index contributed by atoms with van der Waals surface area (Å²) in [6, 6.07) is 9.18. The fraction of sp³-hybridized carbons (Fsp3) is 0.429. The molecular formula is C21H28N4O4. The minimum atomic E-state index is -0.801. The normalized spacial score (nSPS) is 11.5. The van der Waals surface area contributed by atoms with E-state index in [2.05, 4.69) is 20.6 Å². The Morgan fingerprint density at radius 1 is 1.14 bits per heavy atom. The molecule has 2 aromatic rings. The van der Waals surface area contributed by atoms with E-state index in [1.165, 1.54) is 11.9 Å². The highest BCUT2D eigenvalue weighted by atomic mass is 16.5. The number of ether oxygens (including phenoxy) is 1. The van der Waals surface area contributed by atoms with Crippen LogP contribution >= 0.6 is 0 Å². The van der Waals surface area contributed by atoms with Gasteiger partial charge in [0.15, 0.2) is 0 Å². The molecule has 2 amide bonds. The van der Waals surface area contributed by atoms with E-state index in [1.54, 1.807) is 13.1 Å². The van der Waals surface area contributed by atoms with Crippen LogP contribution in [0.2, 0.25) is 0 Å². The van der Waals surface area contributed by atoms with Crippen molar-refractivity contribution in [3.8, 4) is 0 Å². The lowest BCUT2D eigenvalue weighted by Gasteiger charge is -2.16. The predicted octanol–water partition coefficient (Wildman–Crippen LogP) is 1.53. The highest BCUT2D eigenvalue weighted by molar-refractivity contribution is 5.85. The Morgan fingerprint density at radius 2 is 1.93 bits per heavy atom. The maximum atomic E-state index is 12.2. The molecule has 0 saturated carbocycles. The Hall–Kier alpha value is -3.16. The number of nitrogens with zero attached hydrogens (tertiary/aromatic N) is 1. The fourth-order valence-electron chi connectivity index (χ4n) is 2.82. The van der Waals surface area contributed by atoms with Crippen molar-refractivity contribution in [1.82, 2.24) is 20.6 Å². The van der Waals surface area contributed by atoms with Crippen LogP contribution in [0.3, 0.4) is 0 Å². The third-order valence-electron chi connectivity index (χ3n) is 4.27. The first-order valence-corrected chi connectivity index (χ1v) is 9.82. The van der Waals surface area contributed by atoms with Gasteiger partial charge in [0, 0.05) is 37.7 Å². The molecule has 2 rings (SSSR count). The molecule has 0 fully saturated rings. The summed E-state index contributed by atoms with van der Waals surface area (Å²) in [5.41, 5.74) is 1.91. The van der Waals surface area contributed by atoms with Crippen LogP contribution in [0.1, 0.15) is 37.4 Å². The fourth-order valence-corrected chi connectivity index (χ4v) is 2.82. The van der Waals surface area contributed by atoms with Gasteiger partial charge in [-0.05, 0) is 25.3 Å². The SMILES string of the molecule is CCOC(=O)C(Cc1cnc[nH]1)NC(=O)CCNC(=O)CCCc1ccccc1. The number of nitrogens with one attached hydrogen (secondary N) is 3. The number of hydrogen-bond acceptors (Lipinski definition) is 5. The van der Waals surface area contributed by atoms with Crippen LogP contribution in [0.15, 0.2) is 42.9 Å². The lowest BCUT2D eigenvalue weighted by atomic mass is 10.1. The van der Waals surface area contributed by atoms with Crippen LogP contribution in [0.5, 0.6) is 0 Å². The van der Waals surface area contributed by atoms with Gasteiger partial charge in [0.05, 0.1) is 12.9 Å². The van der Waals surface area contributed by atoms with Gasteiger partial charge in [0.1, 0.15) is 6.04 Å². The highest BCUT2D eigenvalue weighted by Crippen LogP contribution is 2.04. The van der Waals surface area contributed by atoms with Crippen molar-refractivity contribution in [3.63, 3.8) is 0 Å². The number of carbonyl (C=O) groups excluding carboxylic acids is 3. The number of amides is 2. The molecule has 1 aromatic carbocycles. The van der Waals surface area contributed by atoms with Crippen LogP contribution in [-0.4, -0.2) is 46.9 Å². The summed E-state index contributed by atoms with van der Waals surface area (Å²) >= 11 is 0. The molecule has 1 atom stereocenters. The van der Waals surface area contributed by atoms with Crippen molar-refractivity contribution < 1.29 is 19.1 Å². The van der Waals surface area contributed by atoms with E-state index in [0.717, 1.165) is 18.5 Å². The van der Waals surface area contributed by atoms with E-state index < -0.39 is 12.0 Å². The first kappa shape index (κ1) is 22.1. The summed E-state index contributed by atoms with van der Waals surface area (Å²) in [6.07, 6.45) is 5.43. The summed E-state index contributed by atoms with van der Waals surface area (Å²) in [6.45, 7) is 2.16. The van der Waals surface area contributed by atoms with E-state index in [0.29, 0.717) is 6.42 Å². The Kier molecular flexibility index (Phi) is 9.41. The van der Waals surface area contributed by atoms with Gasteiger partial charge in [0.2, 0.25) is 11.8 Å². The van der Waals surface area contributed by atoms with Crippen molar-refractivity contribution >= 4 is 17.8 Å². The van der Waals surface area contributed by atoms with Crippen LogP contribution in [0.4, 0.5) is 0 Å². The van der Waals surface area contributed by atoms with Crippen LogP contribution in [0, 0.1) is 0 Å². The maximum absolute atomic E-state index is 12.2. The van der Waals surface area contributed by atoms with E-state index in [9.17, 15) is 14.4 Å². The summed E-state index contributed by atoms with van der Waals surface area (Å²) in [5.74, 6) is -0.916. The van der Waals surface area contributed by atoms with E-state index in [4.69, 9.17) is 4.74 Å². The predicted molar refractivity (Wildman–Crippen MR) is 108 cm³/mol. The van der Waals surface area contributed by atoms with Crippen molar-refractivity contribution in [3.05, 3.63) is 54.1 Å². The second-order valence-corrected chi connectivity index (χ2v) is 6.59. The molecule has 156 valence electrons. The van der Waals surface area contributed by atoms with Crippen LogP contribution in [-0.2, 0) is 32.0 Å². The number of carbonyl (C=O) groups is 3. The molecule has 1 heterocycles. The molecule has 8 heteroatoms. The number of hydrogen-bond donors (Lipinski definition) is 3. The summed E-state index contributed by atoms with van der Waals surface area (Å²) < 4.78 is 5.02. The van der Waals surface area contributed by atoms with Gasteiger partial charge in [-0.2, -0.15) is 0 Å². The summed E-state index contributed by atoms with van der Waals surface area (Å²) in [7, 11) is 0. The first-order chi connectivity index (χ1) is 14.1. The first-order valence-electron chi connectivity index (χ1n) is 9.82. The minimum Gasteiger partial charge on any atom is -0.464 e. The number of aromatic amines is 1. The molecule has 0 aliphatic carbocycles. The van der Waals surface area contributed by atoms with E-state index in [-0.39, 0.29) is 37.8 Å². The molecule has 0 bridgehead atoms. The quantitative estimate of drug-likeness (QED) is 0.468. The second kappa shape index (κ2) is 12.3. The molecule has 3 N–H and O–H groups in total. The average molecular weight is 400 g/mol. The molecule has 0 saturated heterocycles. The van der Waals surface area contributed by atoms with E-state index >= 15 is 0 Å². The largest absolute Gasteiger partial charge is 0.464 e. The molecule has 1 unspecified atom stereocenters. The average Bonchev–Trinajstić information content (AvgIpc) is 3.21. The number of imidazole rings is 1. The third-order valence-corrected chi connectivity index (χ3v) is 4.27. The zero-order valence-corrected chi connectivity index (χ0v) is 16.6.